The van der Waals surface area contributed by atoms with E-state index >= 15 is 0 Å². The van der Waals surface area contributed by atoms with E-state index in [1.807, 2.05) is 42.7 Å². The molecule has 0 aliphatic carbocycles. The molecule has 1 aromatic heterocycles. The Hall–Kier alpha value is -2.43. The fourth-order valence-electron chi connectivity index (χ4n) is 3.01. The molecule has 5 nitrogen and oxygen atoms in total. The summed E-state index contributed by atoms with van der Waals surface area (Å²) in [5.74, 6) is 0.0780. The molecule has 2 aromatic rings. The Bertz CT molecular complexity index is 687. The second-order valence-electron chi connectivity index (χ2n) is 5.69. The second-order valence-corrected chi connectivity index (χ2v) is 5.69. The molecule has 1 aliphatic rings. The lowest BCUT2D eigenvalue weighted by Crippen LogP contribution is -2.46. The molecular weight excluding hydrogens is 288 g/mol. The van der Waals surface area contributed by atoms with Gasteiger partial charge in [-0.05, 0) is 18.9 Å². The van der Waals surface area contributed by atoms with E-state index in [0.717, 1.165) is 43.1 Å². The number of nitrogens with zero attached hydrogens (tertiary/aromatic N) is 4. The van der Waals surface area contributed by atoms with Crippen LogP contribution in [-0.2, 0) is 6.54 Å². The zero-order chi connectivity index (χ0) is 16.2. The summed E-state index contributed by atoms with van der Waals surface area (Å²) in [6.07, 6.45) is 3.89. The highest BCUT2D eigenvalue weighted by molar-refractivity contribution is 5.94. The number of aromatic nitrogens is 2. The van der Waals surface area contributed by atoms with Crippen molar-refractivity contribution in [3.05, 3.63) is 48.3 Å². The lowest BCUT2D eigenvalue weighted by atomic mass is 10.1. The molecule has 0 unspecified atom stereocenters. The molecule has 1 aromatic carbocycles. The number of carbonyl (C=O) groups is 1. The monoisotopic (exact) mass is 311 g/mol. The first kappa shape index (κ1) is 15.5. The van der Waals surface area contributed by atoms with Crippen LogP contribution in [0.25, 0.3) is 0 Å². The van der Waals surface area contributed by atoms with Crippen LogP contribution in [0.5, 0.6) is 0 Å². The summed E-state index contributed by atoms with van der Waals surface area (Å²) in [4.78, 5) is 17.0. The molecule has 0 saturated carbocycles. The largest absolute Gasteiger partial charge is 0.367 e. The van der Waals surface area contributed by atoms with Gasteiger partial charge in [0.25, 0.3) is 0 Å². The van der Waals surface area contributed by atoms with E-state index < -0.39 is 0 Å². The molecular formula is C18H23N4O+. The van der Waals surface area contributed by atoms with E-state index in [2.05, 4.69) is 28.7 Å². The van der Waals surface area contributed by atoms with E-state index in [-0.39, 0.29) is 12.3 Å². The summed E-state index contributed by atoms with van der Waals surface area (Å²) in [7, 11) is 0. The third-order valence-corrected chi connectivity index (χ3v) is 4.35. The predicted octanol–water partition coefficient (Wildman–Crippen LogP) is 1.92. The maximum Gasteiger partial charge on any atom is 0.236 e. The van der Waals surface area contributed by atoms with E-state index in [0.29, 0.717) is 0 Å². The van der Waals surface area contributed by atoms with Crippen molar-refractivity contribution in [2.24, 2.45) is 0 Å². The molecule has 1 aliphatic heterocycles. The summed E-state index contributed by atoms with van der Waals surface area (Å²) >= 11 is 0. The Morgan fingerprint density at radius 3 is 2.39 bits per heavy atom. The number of hydrogen-bond acceptors (Lipinski definition) is 4. The third-order valence-electron chi connectivity index (χ3n) is 4.35. The summed E-state index contributed by atoms with van der Waals surface area (Å²) in [5, 5.41) is 4.45. The van der Waals surface area contributed by atoms with Gasteiger partial charge in [0.2, 0.25) is 18.5 Å². The van der Waals surface area contributed by atoms with Crippen molar-refractivity contribution < 1.29 is 9.48 Å². The van der Waals surface area contributed by atoms with Crippen LogP contribution in [0.4, 0.5) is 11.4 Å². The van der Waals surface area contributed by atoms with Crippen LogP contribution in [0, 0.1) is 0 Å². The topological polar surface area (TPSA) is 40.3 Å². The maximum absolute atomic E-state index is 12.4. The van der Waals surface area contributed by atoms with Gasteiger partial charge in [0, 0.05) is 31.7 Å². The molecule has 120 valence electrons. The minimum absolute atomic E-state index is 0.0780. The van der Waals surface area contributed by atoms with E-state index in [9.17, 15) is 4.79 Å². The molecule has 0 N–H and O–H groups in total. The molecule has 0 spiro atoms. The standard InChI is InChI=1S/C18H23N4O/c1-3-20-10-11-21(4-2)17-13-22(19-12-16(17)20)14-18(23)15-8-6-5-7-9-15/h5-9,12-13H,3-4,10-11,14H2,1-2H3/q+1. The number of ketones is 1. The Morgan fingerprint density at radius 1 is 1.09 bits per heavy atom. The number of benzene rings is 1. The van der Waals surface area contributed by atoms with Crippen LogP contribution >= 0.6 is 0 Å². The number of hydrogen-bond donors (Lipinski definition) is 0. The van der Waals surface area contributed by atoms with E-state index in [1.54, 1.807) is 4.68 Å². The average Bonchev–Trinajstić information content (AvgIpc) is 2.61. The van der Waals surface area contributed by atoms with E-state index in [4.69, 9.17) is 0 Å². The normalized spacial score (nSPS) is 13.8. The van der Waals surface area contributed by atoms with Gasteiger partial charge in [0.15, 0.2) is 0 Å². The molecule has 0 saturated heterocycles. The Balaban J connectivity index is 1.86. The second kappa shape index (κ2) is 6.77. The van der Waals surface area contributed by atoms with Crippen molar-refractivity contribution in [3.8, 4) is 0 Å². The van der Waals surface area contributed by atoms with Crippen LogP contribution in [0.1, 0.15) is 24.2 Å². The maximum atomic E-state index is 12.4. The van der Waals surface area contributed by atoms with Crippen LogP contribution in [0.2, 0.25) is 0 Å². The minimum Gasteiger partial charge on any atom is -0.367 e. The van der Waals surface area contributed by atoms with Crippen molar-refractivity contribution in [2.75, 3.05) is 36.0 Å². The van der Waals surface area contributed by atoms with Gasteiger partial charge >= 0.3 is 0 Å². The van der Waals surface area contributed by atoms with Crippen LogP contribution in [0.15, 0.2) is 42.7 Å². The smallest absolute Gasteiger partial charge is 0.236 e. The number of fused-ring (bicyclic) bond motifs is 1. The number of likely N-dealkylation sites (N-methyl/N-ethyl adjacent to an activating group) is 2. The quantitative estimate of drug-likeness (QED) is 0.625. The molecule has 0 amide bonds. The first-order valence-corrected chi connectivity index (χ1v) is 8.20. The minimum atomic E-state index is 0.0780. The highest BCUT2D eigenvalue weighted by Crippen LogP contribution is 2.30. The predicted molar refractivity (Wildman–Crippen MR) is 91.0 cm³/mol. The summed E-state index contributed by atoms with van der Waals surface area (Å²) in [6.45, 7) is 8.54. The summed E-state index contributed by atoms with van der Waals surface area (Å²) in [5.41, 5.74) is 3.04. The van der Waals surface area contributed by atoms with Gasteiger partial charge in [0.05, 0.1) is 5.69 Å². The fourth-order valence-corrected chi connectivity index (χ4v) is 3.01. The molecule has 2 heterocycles. The first-order valence-electron chi connectivity index (χ1n) is 8.20. The van der Waals surface area contributed by atoms with Crippen molar-refractivity contribution in [1.82, 2.24) is 5.10 Å². The average molecular weight is 311 g/mol. The van der Waals surface area contributed by atoms with Crippen molar-refractivity contribution >= 4 is 17.2 Å². The van der Waals surface area contributed by atoms with Gasteiger partial charge < -0.3 is 9.80 Å². The highest BCUT2D eigenvalue weighted by atomic mass is 16.1. The van der Waals surface area contributed by atoms with Gasteiger partial charge in [-0.2, -0.15) is 0 Å². The Kier molecular flexibility index (Phi) is 4.55. The number of anilines is 2. The highest BCUT2D eigenvalue weighted by Gasteiger charge is 2.25. The number of Topliss-reactive ketones (excluding diaryl/α,β-unsaturated/α-hetero) is 1. The van der Waals surface area contributed by atoms with Gasteiger partial charge in [-0.3, -0.25) is 4.79 Å². The molecule has 0 fully saturated rings. The van der Waals surface area contributed by atoms with Gasteiger partial charge in [-0.25, -0.2) is 0 Å². The summed E-state index contributed by atoms with van der Waals surface area (Å²) < 4.78 is 1.75. The lowest BCUT2D eigenvalue weighted by molar-refractivity contribution is -0.740. The molecule has 5 heteroatoms. The molecule has 3 rings (SSSR count). The zero-order valence-electron chi connectivity index (χ0n) is 13.8. The fraction of sp³-hybridized carbons (Fsp3) is 0.389. The van der Waals surface area contributed by atoms with Crippen LogP contribution in [-0.4, -0.2) is 37.1 Å². The van der Waals surface area contributed by atoms with Crippen molar-refractivity contribution in [3.63, 3.8) is 0 Å². The summed E-state index contributed by atoms with van der Waals surface area (Å²) in [6, 6.07) is 9.38. The number of rotatable bonds is 5. The Morgan fingerprint density at radius 2 is 1.74 bits per heavy atom. The number of carbonyl (C=O) groups excluding carboxylic acids is 1. The SMILES string of the molecule is CCN1CCN(CC)c2c[n+](CC(=O)c3ccccc3)ncc21. The van der Waals surface area contributed by atoms with Gasteiger partial charge in [0.1, 0.15) is 11.9 Å². The van der Waals surface area contributed by atoms with Crippen LogP contribution in [0.3, 0.4) is 0 Å². The zero-order valence-corrected chi connectivity index (χ0v) is 13.8. The van der Waals surface area contributed by atoms with Gasteiger partial charge in [-0.15, -0.1) is 0 Å². The van der Waals surface area contributed by atoms with Crippen molar-refractivity contribution in [1.29, 1.82) is 0 Å². The van der Waals surface area contributed by atoms with E-state index in [1.165, 1.54) is 0 Å². The molecule has 23 heavy (non-hydrogen) atoms. The van der Waals surface area contributed by atoms with Crippen LogP contribution < -0.4 is 14.5 Å². The van der Waals surface area contributed by atoms with Crippen molar-refractivity contribution in [2.45, 2.75) is 20.4 Å². The third kappa shape index (κ3) is 3.18. The van der Waals surface area contributed by atoms with Gasteiger partial charge in [-0.1, -0.05) is 35.0 Å². The first-order chi connectivity index (χ1) is 11.2. The Labute approximate surface area is 137 Å². The molecule has 0 radical (unpaired) electrons. The molecule has 0 atom stereocenters. The lowest BCUT2D eigenvalue weighted by Gasteiger charge is -2.36. The molecule has 0 bridgehead atoms.